The van der Waals surface area contributed by atoms with Gasteiger partial charge in [-0.2, -0.15) is 0 Å². The monoisotopic (exact) mass is 385 g/mol. The molecule has 0 fully saturated rings. The molecule has 2 aromatic carbocycles. The maximum atomic E-state index is 12.1. The summed E-state index contributed by atoms with van der Waals surface area (Å²) in [6.07, 6.45) is 0. The fourth-order valence-electron chi connectivity index (χ4n) is 2.89. The number of aryl methyl sites for hydroxylation is 1. The predicted octanol–water partition coefficient (Wildman–Crippen LogP) is 4.44. The standard InChI is InChI=1S/C22H31N3O3/c1-5-25(6-2)18-11-12-21(17(4)15-18)24-22(26)23-13-14-28-20-10-8-9-19(16-20)27-7-3/h8-12,15-16H,5-7,13-14H2,1-4H3,(H2,23,24,26). The second-order valence-electron chi connectivity index (χ2n) is 6.31. The minimum absolute atomic E-state index is 0.245. The van der Waals surface area contributed by atoms with E-state index in [0.29, 0.717) is 19.8 Å². The maximum Gasteiger partial charge on any atom is 0.319 e. The van der Waals surface area contributed by atoms with E-state index < -0.39 is 0 Å². The van der Waals surface area contributed by atoms with Crippen molar-refractivity contribution in [1.29, 1.82) is 0 Å². The third kappa shape index (κ3) is 6.37. The fourth-order valence-corrected chi connectivity index (χ4v) is 2.89. The maximum absolute atomic E-state index is 12.1. The Bertz CT molecular complexity index is 760. The Morgan fingerprint density at radius 3 is 2.36 bits per heavy atom. The predicted molar refractivity (Wildman–Crippen MR) is 115 cm³/mol. The van der Waals surface area contributed by atoms with Gasteiger partial charge in [-0.25, -0.2) is 4.79 Å². The average molecular weight is 386 g/mol. The van der Waals surface area contributed by atoms with Crippen molar-refractivity contribution < 1.29 is 14.3 Å². The third-order valence-electron chi connectivity index (χ3n) is 4.36. The number of hydrogen-bond donors (Lipinski definition) is 2. The quantitative estimate of drug-likeness (QED) is 0.594. The van der Waals surface area contributed by atoms with E-state index in [9.17, 15) is 4.79 Å². The second kappa shape index (κ2) is 11.1. The molecule has 28 heavy (non-hydrogen) atoms. The normalized spacial score (nSPS) is 10.3. The van der Waals surface area contributed by atoms with Crippen LogP contribution in [0.15, 0.2) is 42.5 Å². The molecular weight excluding hydrogens is 354 g/mol. The minimum atomic E-state index is -0.245. The highest BCUT2D eigenvalue weighted by Gasteiger charge is 2.07. The zero-order chi connectivity index (χ0) is 20.4. The van der Waals surface area contributed by atoms with Crippen molar-refractivity contribution in [3.8, 4) is 11.5 Å². The van der Waals surface area contributed by atoms with E-state index >= 15 is 0 Å². The number of nitrogens with zero attached hydrogens (tertiary/aromatic N) is 1. The smallest absolute Gasteiger partial charge is 0.319 e. The number of anilines is 2. The number of ether oxygens (including phenoxy) is 2. The Hall–Kier alpha value is -2.89. The van der Waals surface area contributed by atoms with Gasteiger partial charge in [-0.1, -0.05) is 6.07 Å². The van der Waals surface area contributed by atoms with E-state index in [1.54, 1.807) is 0 Å². The van der Waals surface area contributed by atoms with Crippen molar-refractivity contribution in [2.75, 3.05) is 43.1 Å². The van der Waals surface area contributed by atoms with E-state index in [1.807, 2.05) is 50.2 Å². The highest BCUT2D eigenvalue weighted by molar-refractivity contribution is 5.90. The lowest BCUT2D eigenvalue weighted by Crippen LogP contribution is -2.32. The van der Waals surface area contributed by atoms with Gasteiger partial charge in [0, 0.05) is 30.5 Å². The number of carbonyl (C=O) groups is 1. The molecule has 0 unspecified atom stereocenters. The zero-order valence-electron chi connectivity index (χ0n) is 17.2. The highest BCUT2D eigenvalue weighted by atomic mass is 16.5. The molecule has 2 aromatic rings. The molecular formula is C22H31N3O3. The number of urea groups is 1. The summed E-state index contributed by atoms with van der Waals surface area (Å²) < 4.78 is 11.1. The largest absolute Gasteiger partial charge is 0.494 e. The van der Waals surface area contributed by atoms with Crippen molar-refractivity contribution in [2.24, 2.45) is 0 Å². The molecule has 0 heterocycles. The SMILES string of the molecule is CCOc1cccc(OCCNC(=O)Nc2ccc(N(CC)CC)cc2C)c1. The van der Waals surface area contributed by atoms with Gasteiger partial charge in [-0.15, -0.1) is 0 Å². The van der Waals surface area contributed by atoms with E-state index in [0.717, 1.165) is 41.5 Å². The summed E-state index contributed by atoms with van der Waals surface area (Å²) in [5.41, 5.74) is 3.00. The zero-order valence-corrected chi connectivity index (χ0v) is 17.2. The lowest BCUT2D eigenvalue weighted by molar-refractivity contribution is 0.247. The van der Waals surface area contributed by atoms with Crippen molar-refractivity contribution >= 4 is 17.4 Å². The summed E-state index contributed by atoms with van der Waals surface area (Å²) >= 11 is 0. The Morgan fingerprint density at radius 1 is 1.00 bits per heavy atom. The first-order chi connectivity index (χ1) is 13.6. The Balaban J connectivity index is 1.79. The van der Waals surface area contributed by atoms with E-state index in [1.165, 1.54) is 0 Å². The van der Waals surface area contributed by atoms with Gasteiger partial charge in [-0.05, 0) is 63.6 Å². The molecule has 6 heteroatoms. The Morgan fingerprint density at radius 2 is 1.71 bits per heavy atom. The minimum Gasteiger partial charge on any atom is -0.494 e. The molecule has 6 nitrogen and oxygen atoms in total. The van der Waals surface area contributed by atoms with Crippen molar-refractivity contribution in [2.45, 2.75) is 27.7 Å². The van der Waals surface area contributed by atoms with Crippen LogP contribution in [-0.2, 0) is 0 Å². The highest BCUT2D eigenvalue weighted by Crippen LogP contribution is 2.22. The van der Waals surface area contributed by atoms with E-state index in [-0.39, 0.29) is 6.03 Å². The molecule has 0 bridgehead atoms. The molecule has 2 rings (SSSR count). The summed E-state index contributed by atoms with van der Waals surface area (Å²) in [5, 5.41) is 5.70. The van der Waals surface area contributed by atoms with Gasteiger partial charge in [0.25, 0.3) is 0 Å². The number of benzene rings is 2. The van der Waals surface area contributed by atoms with Crippen molar-refractivity contribution in [3.05, 3.63) is 48.0 Å². The van der Waals surface area contributed by atoms with E-state index in [2.05, 4.69) is 35.4 Å². The molecule has 0 radical (unpaired) electrons. The van der Waals surface area contributed by atoms with Crippen LogP contribution in [-0.4, -0.2) is 38.9 Å². The second-order valence-corrected chi connectivity index (χ2v) is 6.31. The number of amides is 2. The van der Waals surface area contributed by atoms with E-state index in [4.69, 9.17) is 9.47 Å². The van der Waals surface area contributed by atoms with Gasteiger partial charge < -0.3 is 25.0 Å². The molecule has 0 saturated heterocycles. The molecule has 0 aromatic heterocycles. The van der Waals surface area contributed by atoms with Gasteiger partial charge >= 0.3 is 6.03 Å². The molecule has 2 amide bonds. The molecule has 0 aliphatic heterocycles. The average Bonchev–Trinajstić information content (AvgIpc) is 2.69. The molecule has 2 N–H and O–H groups in total. The Labute approximate surface area is 167 Å². The number of hydrogen-bond acceptors (Lipinski definition) is 4. The first-order valence-electron chi connectivity index (χ1n) is 9.83. The summed E-state index contributed by atoms with van der Waals surface area (Å²) in [5.74, 6) is 1.49. The van der Waals surface area contributed by atoms with Crippen LogP contribution >= 0.6 is 0 Å². The first kappa shape index (κ1) is 21.4. The lowest BCUT2D eigenvalue weighted by atomic mass is 10.1. The van der Waals surface area contributed by atoms with Crippen LogP contribution in [0.1, 0.15) is 26.3 Å². The molecule has 0 aliphatic rings. The first-order valence-corrected chi connectivity index (χ1v) is 9.83. The Kier molecular flexibility index (Phi) is 8.46. The van der Waals surface area contributed by atoms with Crippen LogP contribution in [0.5, 0.6) is 11.5 Å². The van der Waals surface area contributed by atoms with Crippen molar-refractivity contribution in [3.63, 3.8) is 0 Å². The number of rotatable bonds is 10. The summed E-state index contributed by atoms with van der Waals surface area (Å²) in [6.45, 7) is 11.5. The number of nitrogens with one attached hydrogen (secondary N) is 2. The third-order valence-corrected chi connectivity index (χ3v) is 4.36. The van der Waals surface area contributed by atoms with Gasteiger partial charge in [0.05, 0.1) is 13.2 Å². The molecule has 0 saturated carbocycles. The fraction of sp³-hybridized carbons (Fsp3) is 0.409. The summed E-state index contributed by atoms with van der Waals surface area (Å²) in [7, 11) is 0. The molecule has 0 aliphatic carbocycles. The van der Waals surface area contributed by atoms with Crippen LogP contribution < -0.4 is 25.0 Å². The molecule has 0 spiro atoms. The number of carbonyl (C=O) groups excluding carboxylic acids is 1. The van der Waals surface area contributed by atoms with Crippen LogP contribution in [0.3, 0.4) is 0 Å². The van der Waals surface area contributed by atoms with Crippen LogP contribution in [0.2, 0.25) is 0 Å². The molecule has 0 atom stereocenters. The van der Waals surface area contributed by atoms with Gasteiger partial charge in [0.15, 0.2) is 0 Å². The van der Waals surface area contributed by atoms with Gasteiger partial charge in [0.2, 0.25) is 0 Å². The van der Waals surface area contributed by atoms with Gasteiger partial charge in [-0.3, -0.25) is 0 Å². The van der Waals surface area contributed by atoms with Crippen molar-refractivity contribution in [1.82, 2.24) is 5.32 Å². The summed E-state index contributed by atoms with van der Waals surface area (Å²) in [4.78, 5) is 14.4. The van der Waals surface area contributed by atoms with Crippen LogP contribution in [0.4, 0.5) is 16.2 Å². The summed E-state index contributed by atoms with van der Waals surface area (Å²) in [6, 6.07) is 13.3. The lowest BCUT2D eigenvalue weighted by Gasteiger charge is -2.22. The molecule has 152 valence electrons. The topological polar surface area (TPSA) is 62.8 Å². The van der Waals surface area contributed by atoms with Crippen LogP contribution in [0, 0.1) is 6.92 Å². The van der Waals surface area contributed by atoms with Crippen LogP contribution in [0.25, 0.3) is 0 Å². The van der Waals surface area contributed by atoms with Gasteiger partial charge in [0.1, 0.15) is 18.1 Å².